The quantitative estimate of drug-likeness (QED) is 0.712. The second-order valence-electron chi connectivity index (χ2n) is 3.67. The Morgan fingerprint density at radius 3 is 3.00 bits per heavy atom. The van der Waals surface area contributed by atoms with Crippen molar-refractivity contribution in [3.8, 4) is 0 Å². The van der Waals surface area contributed by atoms with E-state index in [4.69, 9.17) is 0 Å². The lowest BCUT2D eigenvalue weighted by atomic mass is 9.93. The van der Waals surface area contributed by atoms with Crippen LogP contribution in [-0.2, 0) is 13.0 Å². The van der Waals surface area contributed by atoms with Crippen LogP contribution in [0, 0.1) is 6.92 Å². The van der Waals surface area contributed by atoms with Crippen molar-refractivity contribution in [2.24, 2.45) is 0 Å². The number of nitrogens with zero attached hydrogens (tertiary/aromatic N) is 2. The molecule has 1 aromatic rings. The molecular weight excluding hydrogens is 164 g/mol. The summed E-state index contributed by atoms with van der Waals surface area (Å²) in [7, 11) is 0. The molecule has 0 amide bonds. The Balaban J connectivity index is 2.49. The second kappa shape index (κ2) is 3.14. The highest BCUT2D eigenvalue weighted by atomic mass is 16.3. The van der Waals surface area contributed by atoms with E-state index < -0.39 is 0 Å². The summed E-state index contributed by atoms with van der Waals surface area (Å²) in [5.74, 6) is 0. The van der Waals surface area contributed by atoms with E-state index in [0.717, 1.165) is 42.8 Å². The average Bonchev–Trinajstić information content (AvgIpc) is 2.44. The summed E-state index contributed by atoms with van der Waals surface area (Å²) in [4.78, 5) is 0. The van der Waals surface area contributed by atoms with Gasteiger partial charge in [-0.1, -0.05) is 0 Å². The van der Waals surface area contributed by atoms with Crippen molar-refractivity contribution in [3.63, 3.8) is 0 Å². The minimum absolute atomic E-state index is 0.274. The zero-order valence-corrected chi connectivity index (χ0v) is 8.25. The van der Waals surface area contributed by atoms with Crippen LogP contribution in [-0.4, -0.2) is 14.9 Å². The van der Waals surface area contributed by atoms with Gasteiger partial charge in [-0.2, -0.15) is 5.10 Å². The molecule has 0 radical (unpaired) electrons. The zero-order chi connectivity index (χ0) is 9.42. The van der Waals surface area contributed by atoms with Gasteiger partial charge >= 0.3 is 0 Å². The number of fused-ring (bicyclic) bond motifs is 1. The van der Waals surface area contributed by atoms with E-state index >= 15 is 0 Å². The third-order valence-electron chi connectivity index (χ3n) is 2.85. The van der Waals surface area contributed by atoms with E-state index in [-0.39, 0.29) is 6.10 Å². The van der Waals surface area contributed by atoms with Gasteiger partial charge in [0.1, 0.15) is 0 Å². The Labute approximate surface area is 78.4 Å². The molecule has 0 aromatic carbocycles. The van der Waals surface area contributed by atoms with Crippen molar-refractivity contribution in [2.45, 2.75) is 45.8 Å². The largest absolute Gasteiger partial charge is 0.388 e. The molecule has 1 N–H and O–H groups in total. The number of aliphatic hydroxyl groups excluding tert-OH is 1. The minimum Gasteiger partial charge on any atom is -0.388 e. The minimum atomic E-state index is -0.274. The molecule has 1 heterocycles. The first-order valence-corrected chi connectivity index (χ1v) is 4.98. The van der Waals surface area contributed by atoms with E-state index in [0.29, 0.717) is 0 Å². The summed E-state index contributed by atoms with van der Waals surface area (Å²) < 4.78 is 1.99. The molecule has 72 valence electrons. The molecule has 0 aliphatic heterocycles. The number of hydrogen-bond acceptors (Lipinski definition) is 2. The van der Waals surface area contributed by atoms with Crippen LogP contribution < -0.4 is 0 Å². The van der Waals surface area contributed by atoms with Gasteiger partial charge in [0.2, 0.25) is 0 Å². The van der Waals surface area contributed by atoms with Crippen LogP contribution in [0.5, 0.6) is 0 Å². The van der Waals surface area contributed by atoms with Crippen LogP contribution in [0.25, 0.3) is 0 Å². The van der Waals surface area contributed by atoms with Crippen LogP contribution in [0.1, 0.15) is 42.8 Å². The highest BCUT2D eigenvalue weighted by molar-refractivity contribution is 5.29. The van der Waals surface area contributed by atoms with Gasteiger partial charge in [0.25, 0.3) is 0 Å². The SMILES string of the molecule is CCn1nc2c(c1C)C(O)CCC2. The summed E-state index contributed by atoms with van der Waals surface area (Å²) in [5, 5.41) is 14.3. The monoisotopic (exact) mass is 180 g/mol. The van der Waals surface area contributed by atoms with Crippen LogP contribution in [0.4, 0.5) is 0 Å². The number of aryl methyl sites for hydroxylation is 2. The summed E-state index contributed by atoms with van der Waals surface area (Å²) in [6.07, 6.45) is 2.71. The molecule has 1 aromatic heterocycles. The molecule has 3 nitrogen and oxygen atoms in total. The summed E-state index contributed by atoms with van der Waals surface area (Å²) >= 11 is 0. The summed E-state index contributed by atoms with van der Waals surface area (Å²) in [5.41, 5.74) is 3.34. The fourth-order valence-electron chi connectivity index (χ4n) is 2.16. The lowest BCUT2D eigenvalue weighted by Gasteiger charge is -2.16. The van der Waals surface area contributed by atoms with Gasteiger partial charge < -0.3 is 5.11 Å². The normalized spacial score (nSPS) is 21.6. The fraction of sp³-hybridized carbons (Fsp3) is 0.700. The van der Waals surface area contributed by atoms with Crippen molar-refractivity contribution in [3.05, 3.63) is 17.0 Å². The maximum atomic E-state index is 9.80. The van der Waals surface area contributed by atoms with E-state index in [1.165, 1.54) is 0 Å². The molecule has 0 saturated carbocycles. The van der Waals surface area contributed by atoms with Gasteiger partial charge in [-0.15, -0.1) is 0 Å². The molecule has 3 heteroatoms. The van der Waals surface area contributed by atoms with Crippen molar-refractivity contribution in [1.29, 1.82) is 0 Å². The molecule has 0 saturated heterocycles. The molecule has 0 spiro atoms. The Kier molecular flexibility index (Phi) is 2.12. The molecule has 1 atom stereocenters. The van der Waals surface area contributed by atoms with E-state index in [1.54, 1.807) is 0 Å². The standard InChI is InChI=1S/C10H16N2O/c1-3-12-7(2)10-8(11-12)5-4-6-9(10)13/h9,13H,3-6H2,1-2H3. The van der Waals surface area contributed by atoms with Crippen molar-refractivity contribution in [2.75, 3.05) is 0 Å². The Morgan fingerprint density at radius 1 is 1.62 bits per heavy atom. The van der Waals surface area contributed by atoms with Crippen LogP contribution >= 0.6 is 0 Å². The van der Waals surface area contributed by atoms with E-state index in [2.05, 4.69) is 12.0 Å². The highest BCUT2D eigenvalue weighted by Gasteiger charge is 2.24. The summed E-state index contributed by atoms with van der Waals surface area (Å²) in [6.45, 7) is 5.02. The molecule has 1 aliphatic carbocycles. The molecule has 0 fully saturated rings. The molecule has 13 heavy (non-hydrogen) atoms. The van der Waals surface area contributed by atoms with Gasteiger partial charge in [-0.05, 0) is 33.1 Å². The van der Waals surface area contributed by atoms with E-state index in [9.17, 15) is 5.11 Å². The van der Waals surface area contributed by atoms with Gasteiger partial charge in [0.15, 0.2) is 0 Å². The number of rotatable bonds is 1. The Morgan fingerprint density at radius 2 is 2.38 bits per heavy atom. The van der Waals surface area contributed by atoms with Crippen molar-refractivity contribution < 1.29 is 5.11 Å². The Hall–Kier alpha value is -0.830. The lowest BCUT2D eigenvalue weighted by Crippen LogP contribution is -2.08. The van der Waals surface area contributed by atoms with Crippen molar-refractivity contribution in [1.82, 2.24) is 9.78 Å². The zero-order valence-electron chi connectivity index (χ0n) is 8.25. The highest BCUT2D eigenvalue weighted by Crippen LogP contribution is 2.31. The number of hydrogen-bond donors (Lipinski definition) is 1. The predicted octanol–water partition coefficient (Wildman–Crippen LogP) is 1.58. The van der Waals surface area contributed by atoms with Crippen LogP contribution in [0.15, 0.2) is 0 Å². The first-order chi connectivity index (χ1) is 6.24. The van der Waals surface area contributed by atoms with Crippen molar-refractivity contribution >= 4 is 0 Å². The molecule has 1 unspecified atom stereocenters. The topological polar surface area (TPSA) is 38.0 Å². The molecular formula is C10H16N2O. The average molecular weight is 180 g/mol. The third kappa shape index (κ3) is 1.27. The maximum absolute atomic E-state index is 9.80. The van der Waals surface area contributed by atoms with Gasteiger partial charge in [-0.3, -0.25) is 4.68 Å². The maximum Gasteiger partial charge on any atom is 0.0826 e. The van der Waals surface area contributed by atoms with Crippen LogP contribution in [0.2, 0.25) is 0 Å². The lowest BCUT2D eigenvalue weighted by molar-refractivity contribution is 0.155. The first-order valence-electron chi connectivity index (χ1n) is 4.98. The van der Waals surface area contributed by atoms with Gasteiger partial charge in [-0.25, -0.2) is 0 Å². The molecule has 0 bridgehead atoms. The number of aromatic nitrogens is 2. The van der Waals surface area contributed by atoms with Gasteiger partial charge in [0.05, 0.1) is 11.8 Å². The van der Waals surface area contributed by atoms with Crippen LogP contribution in [0.3, 0.4) is 0 Å². The smallest absolute Gasteiger partial charge is 0.0826 e. The fourth-order valence-corrected chi connectivity index (χ4v) is 2.16. The molecule has 2 rings (SSSR count). The Bertz CT molecular complexity index is 317. The molecule has 1 aliphatic rings. The first kappa shape index (κ1) is 8.75. The summed E-state index contributed by atoms with van der Waals surface area (Å²) in [6, 6.07) is 0. The second-order valence-corrected chi connectivity index (χ2v) is 3.67. The predicted molar refractivity (Wildman–Crippen MR) is 50.5 cm³/mol. The van der Waals surface area contributed by atoms with E-state index in [1.807, 2.05) is 11.6 Å². The third-order valence-corrected chi connectivity index (χ3v) is 2.85. The number of aliphatic hydroxyl groups is 1. The van der Waals surface area contributed by atoms with Gasteiger partial charge in [0, 0.05) is 17.8 Å².